The van der Waals surface area contributed by atoms with Gasteiger partial charge >= 0.3 is 0 Å². The van der Waals surface area contributed by atoms with Gasteiger partial charge in [0.2, 0.25) is 0 Å². The second-order valence-corrected chi connectivity index (χ2v) is 6.30. The summed E-state index contributed by atoms with van der Waals surface area (Å²) in [6, 6.07) is 0.260. The maximum Gasteiger partial charge on any atom is 0.0728 e. The second-order valence-electron chi connectivity index (χ2n) is 6.30. The fourth-order valence-corrected chi connectivity index (χ4v) is 2.51. The Hall–Kier alpha value is -0.0800. The molecule has 2 nitrogen and oxygen atoms in total. The van der Waals surface area contributed by atoms with Crippen molar-refractivity contribution in [3.63, 3.8) is 0 Å². The van der Waals surface area contributed by atoms with E-state index in [0.717, 1.165) is 31.8 Å². The molecule has 0 spiro atoms. The molecule has 0 aromatic rings. The monoisotopic (exact) mass is 227 g/mol. The number of rotatable bonds is 4. The Kier molecular flexibility index (Phi) is 5.26. The lowest BCUT2D eigenvalue weighted by atomic mass is 9.70. The Balaban J connectivity index is 2.42. The Morgan fingerprint density at radius 3 is 2.50 bits per heavy atom. The van der Waals surface area contributed by atoms with Crippen molar-refractivity contribution in [3.05, 3.63) is 0 Å². The number of hydrogen-bond acceptors (Lipinski definition) is 2. The standard InChI is InChI=1S/C14H29NO/c1-5-6-9-16-13-10-11(14(2,3)4)7-8-12(13)15/h11-13H,5-10,15H2,1-4H3. The zero-order valence-corrected chi connectivity index (χ0v) is 11.5. The first-order valence-electron chi connectivity index (χ1n) is 6.82. The molecule has 3 atom stereocenters. The smallest absolute Gasteiger partial charge is 0.0728 e. The highest BCUT2D eigenvalue weighted by Crippen LogP contribution is 2.38. The SMILES string of the molecule is CCCCOC1CC(C(C)(C)C)CCC1N. The fraction of sp³-hybridized carbons (Fsp3) is 1.00. The summed E-state index contributed by atoms with van der Waals surface area (Å²) in [6.07, 6.45) is 6.18. The summed E-state index contributed by atoms with van der Waals surface area (Å²) in [5.74, 6) is 0.763. The third kappa shape index (κ3) is 4.06. The van der Waals surface area contributed by atoms with Gasteiger partial charge in [0.05, 0.1) is 6.10 Å². The van der Waals surface area contributed by atoms with Crippen LogP contribution in [0.15, 0.2) is 0 Å². The lowest BCUT2D eigenvalue weighted by Crippen LogP contribution is -2.44. The highest BCUT2D eigenvalue weighted by atomic mass is 16.5. The van der Waals surface area contributed by atoms with Crippen molar-refractivity contribution in [1.29, 1.82) is 0 Å². The van der Waals surface area contributed by atoms with E-state index in [2.05, 4.69) is 27.7 Å². The molecule has 0 heterocycles. The molecule has 0 aliphatic heterocycles. The van der Waals surface area contributed by atoms with Crippen LogP contribution in [0, 0.1) is 11.3 Å². The molecule has 16 heavy (non-hydrogen) atoms. The van der Waals surface area contributed by atoms with Gasteiger partial charge in [-0.2, -0.15) is 0 Å². The van der Waals surface area contributed by atoms with Gasteiger partial charge in [-0.05, 0) is 37.0 Å². The summed E-state index contributed by atoms with van der Waals surface area (Å²) >= 11 is 0. The highest BCUT2D eigenvalue weighted by Gasteiger charge is 2.34. The summed E-state index contributed by atoms with van der Waals surface area (Å²) < 4.78 is 5.94. The van der Waals surface area contributed by atoms with Crippen molar-refractivity contribution in [2.45, 2.75) is 71.9 Å². The van der Waals surface area contributed by atoms with Crippen LogP contribution in [0.5, 0.6) is 0 Å². The van der Waals surface area contributed by atoms with E-state index in [1.807, 2.05) is 0 Å². The largest absolute Gasteiger partial charge is 0.377 e. The Morgan fingerprint density at radius 2 is 1.94 bits per heavy atom. The van der Waals surface area contributed by atoms with Gasteiger partial charge in [-0.3, -0.25) is 0 Å². The van der Waals surface area contributed by atoms with Crippen LogP contribution in [0.1, 0.15) is 59.8 Å². The van der Waals surface area contributed by atoms with Crippen LogP contribution in [0.25, 0.3) is 0 Å². The van der Waals surface area contributed by atoms with E-state index in [1.54, 1.807) is 0 Å². The lowest BCUT2D eigenvalue weighted by molar-refractivity contribution is -0.0198. The average molecular weight is 227 g/mol. The van der Waals surface area contributed by atoms with Crippen molar-refractivity contribution < 1.29 is 4.74 Å². The van der Waals surface area contributed by atoms with Crippen LogP contribution in [0.3, 0.4) is 0 Å². The zero-order chi connectivity index (χ0) is 12.2. The first-order chi connectivity index (χ1) is 7.45. The quantitative estimate of drug-likeness (QED) is 0.748. The number of ether oxygens (including phenoxy) is 1. The Bertz CT molecular complexity index is 197. The minimum Gasteiger partial charge on any atom is -0.377 e. The van der Waals surface area contributed by atoms with E-state index in [0.29, 0.717) is 11.5 Å². The second kappa shape index (κ2) is 6.02. The van der Waals surface area contributed by atoms with Crippen LogP contribution in [-0.4, -0.2) is 18.8 Å². The van der Waals surface area contributed by atoms with E-state index < -0.39 is 0 Å². The molecule has 1 rings (SSSR count). The molecule has 96 valence electrons. The number of nitrogens with two attached hydrogens (primary N) is 1. The Labute approximate surface area is 101 Å². The molecule has 0 radical (unpaired) electrons. The minimum absolute atomic E-state index is 0.260. The molecule has 0 amide bonds. The molecule has 1 saturated carbocycles. The molecule has 3 unspecified atom stereocenters. The first kappa shape index (κ1) is 14.0. The maximum absolute atomic E-state index is 6.14. The van der Waals surface area contributed by atoms with Gasteiger partial charge in [0.25, 0.3) is 0 Å². The average Bonchev–Trinajstić information content (AvgIpc) is 2.19. The molecular formula is C14H29NO. The predicted molar refractivity (Wildman–Crippen MR) is 69.4 cm³/mol. The van der Waals surface area contributed by atoms with Crippen molar-refractivity contribution in [2.75, 3.05) is 6.61 Å². The van der Waals surface area contributed by atoms with Crippen molar-refractivity contribution >= 4 is 0 Å². The van der Waals surface area contributed by atoms with Crippen molar-refractivity contribution in [2.24, 2.45) is 17.1 Å². The number of hydrogen-bond donors (Lipinski definition) is 1. The summed E-state index contributed by atoms with van der Waals surface area (Å²) in [4.78, 5) is 0. The summed E-state index contributed by atoms with van der Waals surface area (Å²) in [7, 11) is 0. The zero-order valence-electron chi connectivity index (χ0n) is 11.5. The third-order valence-electron chi connectivity index (χ3n) is 3.90. The van der Waals surface area contributed by atoms with Gasteiger partial charge in [-0.25, -0.2) is 0 Å². The lowest BCUT2D eigenvalue weighted by Gasteiger charge is -2.40. The molecule has 0 aromatic carbocycles. The highest BCUT2D eigenvalue weighted by molar-refractivity contribution is 4.88. The molecule has 0 saturated heterocycles. The van der Waals surface area contributed by atoms with Gasteiger partial charge in [0.1, 0.15) is 0 Å². The molecule has 1 aliphatic rings. The summed E-state index contributed by atoms with van der Waals surface area (Å²) in [6.45, 7) is 10.1. The van der Waals surface area contributed by atoms with Gasteiger partial charge in [-0.1, -0.05) is 34.1 Å². The summed E-state index contributed by atoms with van der Waals surface area (Å²) in [5.41, 5.74) is 6.54. The van der Waals surface area contributed by atoms with Gasteiger partial charge < -0.3 is 10.5 Å². The first-order valence-corrected chi connectivity index (χ1v) is 6.82. The van der Waals surface area contributed by atoms with Crippen molar-refractivity contribution in [3.8, 4) is 0 Å². The van der Waals surface area contributed by atoms with Crippen LogP contribution in [-0.2, 0) is 4.74 Å². The van der Waals surface area contributed by atoms with Gasteiger partial charge in [0, 0.05) is 12.6 Å². The van der Waals surface area contributed by atoms with E-state index in [4.69, 9.17) is 10.5 Å². The molecule has 2 heteroatoms. The van der Waals surface area contributed by atoms with Gasteiger partial charge in [-0.15, -0.1) is 0 Å². The Morgan fingerprint density at radius 1 is 1.25 bits per heavy atom. The van der Waals surface area contributed by atoms with Crippen LogP contribution in [0.2, 0.25) is 0 Å². The van der Waals surface area contributed by atoms with E-state index in [1.165, 1.54) is 12.8 Å². The third-order valence-corrected chi connectivity index (χ3v) is 3.90. The fourth-order valence-electron chi connectivity index (χ4n) is 2.51. The molecule has 1 fully saturated rings. The molecule has 1 aliphatic carbocycles. The summed E-state index contributed by atoms with van der Waals surface area (Å²) in [5, 5.41) is 0. The van der Waals surface area contributed by atoms with Crippen LogP contribution < -0.4 is 5.73 Å². The van der Waals surface area contributed by atoms with Gasteiger partial charge in [0.15, 0.2) is 0 Å². The van der Waals surface area contributed by atoms with E-state index >= 15 is 0 Å². The van der Waals surface area contributed by atoms with Crippen LogP contribution >= 0.6 is 0 Å². The molecular weight excluding hydrogens is 198 g/mol. The maximum atomic E-state index is 6.14. The van der Waals surface area contributed by atoms with E-state index in [9.17, 15) is 0 Å². The molecule has 0 bridgehead atoms. The molecule has 0 aromatic heterocycles. The van der Waals surface area contributed by atoms with Crippen LogP contribution in [0.4, 0.5) is 0 Å². The number of unbranched alkanes of at least 4 members (excludes halogenated alkanes) is 1. The predicted octanol–water partition coefficient (Wildman–Crippen LogP) is 3.35. The van der Waals surface area contributed by atoms with Crippen molar-refractivity contribution in [1.82, 2.24) is 0 Å². The normalized spacial score (nSPS) is 31.7. The minimum atomic E-state index is 0.260. The topological polar surface area (TPSA) is 35.2 Å². The molecule has 2 N–H and O–H groups in total. The van der Waals surface area contributed by atoms with E-state index in [-0.39, 0.29) is 6.04 Å².